The van der Waals surface area contributed by atoms with Crippen LogP contribution in [0.2, 0.25) is 0 Å². The van der Waals surface area contributed by atoms with Crippen molar-refractivity contribution >= 4 is 11.6 Å². The summed E-state index contributed by atoms with van der Waals surface area (Å²) in [7, 11) is 0. The van der Waals surface area contributed by atoms with E-state index in [0.29, 0.717) is 30.0 Å². The van der Waals surface area contributed by atoms with Gasteiger partial charge in [0.05, 0.1) is 5.56 Å². The average molecular weight is 358 g/mol. The van der Waals surface area contributed by atoms with Gasteiger partial charge in [0.25, 0.3) is 5.91 Å². The van der Waals surface area contributed by atoms with Crippen LogP contribution in [0.4, 0.5) is 0 Å². The highest BCUT2D eigenvalue weighted by Gasteiger charge is 2.13. The molecule has 6 nitrogen and oxygen atoms in total. The first-order valence-corrected chi connectivity index (χ1v) is 8.70. The van der Waals surface area contributed by atoms with E-state index in [-0.39, 0.29) is 5.91 Å². The monoisotopic (exact) mass is 358 g/mol. The summed E-state index contributed by atoms with van der Waals surface area (Å²) in [5, 5.41) is 11.2. The summed E-state index contributed by atoms with van der Waals surface area (Å²) in [6.45, 7) is 0.453. The molecule has 0 radical (unpaired) electrons. The van der Waals surface area contributed by atoms with Gasteiger partial charge in [0.15, 0.2) is 5.65 Å². The van der Waals surface area contributed by atoms with Gasteiger partial charge >= 0.3 is 0 Å². The minimum Gasteiger partial charge on any atom is -0.457 e. The van der Waals surface area contributed by atoms with E-state index in [9.17, 15) is 4.79 Å². The highest BCUT2D eigenvalue weighted by molar-refractivity contribution is 5.97. The van der Waals surface area contributed by atoms with Gasteiger partial charge in [-0.25, -0.2) is 0 Å². The second-order valence-corrected chi connectivity index (χ2v) is 5.96. The van der Waals surface area contributed by atoms with Crippen molar-refractivity contribution in [2.45, 2.75) is 6.42 Å². The predicted octanol–water partition coefficient (Wildman–Crippen LogP) is 3.49. The molecule has 0 unspecified atom stereocenters. The lowest BCUT2D eigenvalue weighted by molar-refractivity contribution is 0.0951. The summed E-state index contributed by atoms with van der Waals surface area (Å²) >= 11 is 0. The summed E-state index contributed by atoms with van der Waals surface area (Å²) in [5.41, 5.74) is 1.29. The number of pyridine rings is 1. The fourth-order valence-electron chi connectivity index (χ4n) is 2.80. The van der Waals surface area contributed by atoms with E-state index in [4.69, 9.17) is 4.74 Å². The molecule has 0 saturated carbocycles. The van der Waals surface area contributed by atoms with Crippen molar-refractivity contribution in [2.24, 2.45) is 0 Å². The molecule has 1 amide bonds. The van der Waals surface area contributed by atoms with Crippen molar-refractivity contribution in [2.75, 3.05) is 6.54 Å². The Morgan fingerprint density at radius 1 is 0.926 bits per heavy atom. The van der Waals surface area contributed by atoms with E-state index in [2.05, 4.69) is 15.5 Å². The second-order valence-electron chi connectivity index (χ2n) is 5.96. The van der Waals surface area contributed by atoms with E-state index >= 15 is 0 Å². The zero-order chi connectivity index (χ0) is 18.5. The lowest BCUT2D eigenvalue weighted by Crippen LogP contribution is -2.26. The number of rotatable bonds is 6. The van der Waals surface area contributed by atoms with E-state index < -0.39 is 0 Å². The SMILES string of the molecule is O=C(NCCc1nnc2ccccn12)c1ccccc1Oc1ccccc1. The number of ether oxygens (including phenoxy) is 1. The summed E-state index contributed by atoms with van der Waals surface area (Å²) in [4.78, 5) is 12.6. The second kappa shape index (κ2) is 7.70. The summed E-state index contributed by atoms with van der Waals surface area (Å²) in [6.07, 6.45) is 2.49. The Morgan fingerprint density at radius 3 is 2.59 bits per heavy atom. The summed E-state index contributed by atoms with van der Waals surface area (Å²) < 4.78 is 7.77. The van der Waals surface area contributed by atoms with Crippen molar-refractivity contribution in [3.05, 3.63) is 90.4 Å². The number of carbonyl (C=O) groups is 1. The molecule has 6 heteroatoms. The minimum atomic E-state index is -0.185. The third kappa shape index (κ3) is 3.79. The topological polar surface area (TPSA) is 68.5 Å². The quantitative estimate of drug-likeness (QED) is 0.573. The number of hydrogen-bond acceptors (Lipinski definition) is 4. The largest absolute Gasteiger partial charge is 0.457 e. The molecule has 2 heterocycles. The maximum atomic E-state index is 12.6. The van der Waals surface area contributed by atoms with E-state index in [1.165, 1.54) is 0 Å². The fraction of sp³-hybridized carbons (Fsp3) is 0.0952. The van der Waals surface area contributed by atoms with Crippen LogP contribution in [0.5, 0.6) is 11.5 Å². The number of amides is 1. The van der Waals surface area contributed by atoms with Crippen LogP contribution in [-0.4, -0.2) is 27.0 Å². The Kier molecular flexibility index (Phi) is 4.78. The first-order chi connectivity index (χ1) is 13.3. The van der Waals surface area contributed by atoms with Gasteiger partial charge < -0.3 is 10.1 Å². The van der Waals surface area contributed by atoms with Crippen molar-refractivity contribution in [1.82, 2.24) is 19.9 Å². The number of benzene rings is 2. The Balaban J connectivity index is 1.43. The molecule has 1 N–H and O–H groups in total. The number of fused-ring (bicyclic) bond motifs is 1. The minimum absolute atomic E-state index is 0.185. The van der Waals surface area contributed by atoms with Crippen molar-refractivity contribution in [3.8, 4) is 11.5 Å². The van der Waals surface area contributed by atoms with Crippen LogP contribution in [0.1, 0.15) is 16.2 Å². The van der Waals surface area contributed by atoms with Crippen molar-refractivity contribution in [3.63, 3.8) is 0 Å². The Bertz CT molecular complexity index is 1060. The molecule has 0 atom stereocenters. The highest BCUT2D eigenvalue weighted by atomic mass is 16.5. The molecule has 0 saturated heterocycles. The molecule has 4 aromatic rings. The molecule has 0 fully saturated rings. The normalized spacial score (nSPS) is 10.7. The van der Waals surface area contributed by atoms with Gasteiger partial charge in [-0.2, -0.15) is 0 Å². The van der Waals surface area contributed by atoms with Crippen LogP contribution in [-0.2, 0) is 6.42 Å². The number of hydrogen-bond donors (Lipinski definition) is 1. The molecule has 2 aromatic carbocycles. The zero-order valence-electron chi connectivity index (χ0n) is 14.6. The molecule has 134 valence electrons. The average Bonchev–Trinajstić information content (AvgIpc) is 3.12. The molecule has 2 aromatic heterocycles. The molecular weight excluding hydrogens is 340 g/mol. The molecule has 0 bridgehead atoms. The number of para-hydroxylation sites is 2. The van der Waals surface area contributed by atoms with Gasteiger partial charge in [-0.3, -0.25) is 9.20 Å². The first kappa shape index (κ1) is 16.8. The van der Waals surface area contributed by atoms with Gasteiger partial charge in [-0.15, -0.1) is 10.2 Å². The van der Waals surface area contributed by atoms with Crippen LogP contribution in [0.25, 0.3) is 5.65 Å². The number of nitrogens with zero attached hydrogens (tertiary/aromatic N) is 3. The van der Waals surface area contributed by atoms with Crippen LogP contribution in [0.3, 0.4) is 0 Å². The van der Waals surface area contributed by atoms with Crippen LogP contribution in [0.15, 0.2) is 79.0 Å². The summed E-state index contributed by atoms with van der Waals surface area (Å²) in [6, 6.07) is 22.3. The van der Waals surface area contributed by atoms with Crippen LogP contribution in [0, 0.1) is 0 Å². The van der Waals surface area contributed by atoms with Gasteiger partial charge in [0.2, 0.25) is 0 Å². The maximum absolute atomic E-state index is 12.6. The van der Waals surface area contributed by atoms with Crippen LogP contribution < -0.4 is 10.1 Å². The lowest BCUT2D eigenvalue weighted by atomic mass is 10.2. The van der Waals surface area contributed by atoms with Gasteiger partial charge in [0.1, 0.15) is 17.3 Å². The van der Waals surface area contributed by atoms with Crippen LogP contribution >= 0.6 is 0 Å². The molecule has 0 aliphatic carbocycles. The summed E-state index contributed by atoms with van der Waals surface area (Å²) in [5.74, 6) is 1.83. The molecular formula is C21H18N4O2. The zero-order valence-corrected chi connectivity index (χ0v) is 14.6. The van der Waals surface area contributed by atoms with E-state index in [1.54, 1.807) is 12.1 Å². The van der Waals surface area contributed by atoms with Gasteiger partial charge in [0, 0.05) is 19.2 Å². The lowest BCUT2D eigenvalue weighted by Gasteiger charge is -2.11. The maximum Gasteiger partial charge on any atom is 0.255 e. The predicted molar refractivity (Wildman–Crippen MR) is 102 cm³/mol. The first-order valence-electron chi connectivity index (χ1n) is 8.70. The Labute approximate surface area is 156 Å². The third-order valence-corrected chi connectivity index (χ3v) is 4.12. The number of carbonyl (C=O) groups excluding carboxylic acids is 1. The van der Waals surface area contributed by atoms with E-state index in [0.717, 1.165) is 11.5 Å². The number of nitrogens with one attached hydrogen (secondary N) is 1. The Hall–Kier alpha value is -3.67. The standard InChI is InChI=1S/C21H18N4O2/c26-21(22-14-13-20-24-23-19-12-6-7-15-25(19)20)17-10-4-5-11-18(17)27-16-8-2-1-3-9-16/h1-12,15H,13-14H2,(H,22,26). The van der Waals surface area contributed by atoms with Gasteiger partial charge in [-0.05, 0) is 36.4 Å². The van der Waals surface area contributed by atoms with Gasteiger partial charge in [-0.1, -0.05) is 36.4 Å². The molecule has 0 aliphatic heterocycles. The highest BCUT2D eigenvalue weighted by Crippen LogP contribution is 2.24. The van der Waals surface area contributed by atoms with Crippen molar-refractivity contribution < 1.29 is 9.53 Å². The molecule has 4 rings (SSSR count). The fourth-order valence-corrected chi connectivity index (χ4v) is 2.80. The molecule has 0 spiro atoms. The Morgan fingerprint density at radius 2 is 1.70 bits per heavy atom. The third-order valence-electron chi connectivity index (χ3n) is 4.12. The van der Waals surface area contributed by atoms with Crippen molar-refractivity contribution in [1.29, 1.82) is 0 Å². The molecule has 0 aliphatic rings. The smallest absolute Gasteiger partial charge is 0.255 e. The number of aromatic nitrogens is 3. The van der Waals surface area contributed by atoms with E-state index in [1.807, 2.05) is 71.3 Å². The molecule has 27 heavy (non-hydrogen) atoms.